The van der Waals surface area contributed by atoms with Crippen molar-refractivity contribution < 1.29 is 75.9 Å². The van der Waals surface area contributed by atoms with Crippen molar-refractivity contribution in [2.45, 2.75) is 16.8 Å². The van der Waals surface area contributed by atoms with Gasteiger partial charge in [0.05, 0.1) is 11.1 Å². The maximum Gasteiger partial charge on any atom is 1.00 e. The predicted octanol–water partition coefficient (Wildman–Crippen LogP) is 1.81. The summed E-state index contributed by atoms with van der Waals surface area (Å²) in [4.78, 5) is 11.5. The Morgan fingerprint density at radius 2 is 1.77 bits per heavy atom. The Kier molecular flexibility index (Phi) is 7.64. The average molecular weight is 352 g/mol. The molecule has 1 N–H and O–H groups in total. The first kappa shape index (κ1) is 19.7. The van der Waals surface area contributed by atoms with Gasteiger partial charge in [-0.15, -0.1) is 11.8 Å². The van der Waals surface area contributed by atoms with Crippen molar-refractivity contribution in [1.29, 1.82) is 0 Å². The van der Waals surface area contributed by atoms with Gasteiger partial charge in [-0.05, 0) is 23.8 Å². The molecule has 0 fully saturated rings. The summed E-state index contributed by atoms with van der Waals surface area (Å²) in [7, 11) is 0. The number of aromatic carboxylic acids is 1. The molecule has 0 heterocycles. The number of carbonyl (C=O) groups is 1. The van der Waals surface area contributed by atoms with E-state index >= 15 is 0 Å². The van der Waals surface area contributed by atoms with Crippen LogP contribution in [0.5, 0.6) is 0 Å². The van der Waals surface area contributed by atoms with E-state index in [2.05, 4.69) is 0 Å². The molecular weight excluding hydrogens is 340 g/mol. The maximum atomic E-state index is 12.6. The van der Waals surface area contributed by atoms with Gasteiger partial charge in [0, 0.05) is 10.6 Å². The average Bonchev–Trinajstić information content (AvgIpc) is 2.45. The van der Waals surface area contributed by atoms with Gasteiger partial charge in [0.2, 0.25) is 0 Å². The Hall–Kier alpha value is -0.314. The summed E-state index contributed by atoms with van der Waals surface area (Å²) in [5, 5.41) is 9.07. The van der Waals surface area contributed by atoms with E-state index in [1.54, 1.807) is 0 Å². The number of thioether (sulfide) groups is 1. The van der Waals surface area contributed by atoms with Crippen molar-refractivity contribution >= 4 is 17.7 Å². The fraction of sp³-hybridized carbons (Fsp3) is 0.133. The molecule has 112 valence electrons. The number of carboxylic acids is 1. The molecule has 0 radical (unpaired) electrons. The van der Waals surface area contributed by atoms with E-state index in [9.17, 15) is 18.0 Å². The molecule has 0 aromatic heterocycles. The molecule has 0 spiro atoms. The second kappa shape index (κ2) is 8.51. The molecule has 7 heteroatoms. The second-order valence-electron chi connectivity index (χ2n) is 4.29. The van der Waals surface area contributed by atoms with Crippen LogP contribution in [-0.4, -0.2) is 11.1 Å². The topological polar surface area (TPSA) is 37.3 Å². The number of alkyl halides is 3. The van der Waals surface area contributed by atoms with E-state index in [0.717, 1.165) is 11.6 Å². The van der Waals surface area contributed by atoms with Crippen LogP contribution in [0.3, 0.4) is 0 Å². The van der Waals surface area contributed by atoms with Crippen LogP contribution in [-0.2, 0) is 11.9 Å². The third kappa shape index (κ3) is 5.40. The van der Waals surface area contributed by atoms with Crippen molar-refractivity contribution in [1.82, 2.24) is 0 Å². The number of hydrogen-bond donors (Lipinski definition) is 1. The van der Waals surface area contributed by atoms with Crippen molar-refractivity contribution in [2.24, 2.45) is 0 Å². The molecule has 0 aliphatic rings. The zero-order valence-electron chi connectivity index (χ0n) is 12.7. The zero-order chi connectivity index (χ0) is 15.5. The summed E-state index contributed by atoms with van der Waals surface area (Å²) in [5.41, 5.74) is -0.312. The van der Waals surface area contributed by atoms with Gasteiger partial charge in [-0.25, -0.2) is 4.79 Å². The van der Waals surface area contributed by atoms with Gasteiger partial charge in [0.25, 0.3) is 0 Å². The summed E-state index contributed by atoms with van der Waals surface area (Å²) >= 11 is 1.20. The first-order valence-electron chi connectivity index (χ1n) is 5.99. The summed E-state index contributed by atoms with van der Waals surface area (Å²) in [5.74, 6) is -0.872. The molecule has 22 heavy (non-hydrogen) atoms. The summed E-state index contributed by atoms with van der Waals surface area (Å²) in [6.45, 7) is 0. The van der Waals surface area contributed by atoms with Crippen LogP contribution in [0.1, 0.15) is 22.9 Å². The number of carboxylic acid groups (broad SMARTS) is 1. The first-order valence-corrected chi connectivity index (χ1v) is 6.98. The summed E-state index contributed by atoms with van der Waals surface area (Å²) < 4.78 is 37.8. The molecule has 2 aromatic rings. The molecule has 2 aromatic carbocycles. The third-order valence-electron chi connectivity index (χ3n) is 2.77. The largest absolute Gasteiger partial charge is 1.00 e. The van der Waals surface area contributed by atoms with Gasteiger partial charge in [-0.2, -0.15) is 13.2 Å². The minimum Gasteiger partial charge on any atom is -1.00 e. The van der Waals surface area contributed by atoms with Crippen LogP contribution in [0.4, 0.5) is 13.2 Å². The predicted molar refractivity (Wildman–Crippen MR) is 75.5 cm³/mol. The van der Waals surface area contributed by atoms with Crippen LogP contribution in [0.2, 0.25) is 0 Å². The van der Waals surface area contributed by atoms with Crippen LogP contribution >= 0.6 is 11.8 Å². The monoisotopic (exact) mass is 352 g/mol. The standard InChI is InChI=1S/C15H11F3O2S.K.H/c16-15(17,18)11-6-7-13(12(8-11)14(19)20)21-9-10-4-2-1-3-5-10;;/h1-8H,9H2,(H,19,20);;/q;+1;-1. The number of rotatable bonds is 4. The van der Waals surface area contributed by atoms with Crippen molar-refractivity contribution in [2.75, 3.05) is 0 Å². The van der Waals surface area contributed by atoms with Crippen molar-refractivity contribution in [3.63, 3.8) is 0 Å². The molecule has 2 rings (SSSR count). The molecule has 0 aliphatic heterocycles. The van der Waals surface area contributed by atoms with Crippen LogP contribution in [0.15, 0.2) is 53.4 Å². The van der Waals surface area contributed by atoms with Gasteiger partial charge >= 0.3 is 63.5 Å². The molecule has 0 saturated carbocycles. The summed E-state index contributed by atoms with van der Waals surface area (Å²) in [6.07, 6.45) is -4.55. The van der Waals surface area contributed by atoms with Gasteiger partial charge < -0.3 is 6.53 Å². The quantitative estimate of drug-likeness (QED) is 0.674. The Bertz CT molecular complexity index is 651. The first-order chi connectivity index (χ1) is 9.88. The molecule has 0 amide bonds. The maximum absolute atomic E-state index is 12.6. The third-order valence-corrected chi connectivity index (χ3v) is 3.92. The number of hydrogen-bond acceptors (Lipinski definition) is 2. The Balaban J connectivity index is 0.00000242. The van der Waals surface area contributed by atoms with Gasteiger partial charge in [0.1, 0.15) is 0 Å². The zero-order valence-corrected chi connectivity index (χ0v) is 15.7. The van der Waals surface area contributed by atoms with E-state index in [0.29, 0.717) is 16.7 Å². The van der Waals surface area contributed by atoms with Crippen molar-refractivity contribution in [3.05, 3.63) is 65.2 Å². The Morgan fingerprint density at radius 3 is 2.32 bits per heavy atom. The molecular formula is C15H12F3KO2S. The molecule has 0 bridgehead atoms. The SMILES string of the molecule is O=C(O)c1cc(C(F)(F)F)ccc1SCc1ccccc1.[H-].[K+]. The number of halogens is 3. The van der Waals surface area contributed by atoms with E-state index in [1.807, 2.05) is 30.3 Å². The molecule has 2 nitrogen and oxygen atoms in total. The van der Waals surface area contributed by atoms with Gasteiger partial charge in [0.15, 0.2) is 0 Å². The molecule has 0 aliphatic carbocycles. The Morgan fingerprint density at radius 1 is 1.14 bits per heavy atom. The van der Waals surface area contributed by atoms with Gasteiger partial charge in [-0.3, -0.25) is 0 Å². The fourth-order valence-corrected chi connectivity index (χ4v) is 2.72. The smallest absolute Gasteiger partial charge is 1.00 e. The molecule has 0 unspecified atom stereocenters. The van der Waals surface area contributed by atoms with E-state index in [-0.39, 0.29) is 58.4 Å². The van der Waals surface area contributed by atoms with E-state index in [1.165, 1.54) is 17.8 Å². The number of benzene rings is 2. The van der Waals surface area contributed by atoms with E-state index in [4.69, 9.17) is 5.11 Å². The van der Waals surface area contributed by atoms with Crippen LogP contribution in [0, 0.1) is 0 Å². The van der Waals surface area contributed by atoms with Crippen molar-refractivity contribution in [3.8, 4) is 0 Å². The van der Waals surface area contributed by atoms with Gasteiger partial charge in [-0.1, -0.05) is 30.3 Å². The molecule has 0 saturated heterocycles. The van der Waals surface area contributed by atoms with E-state index < -0.39 is 17.7 Å². The molecule has 0 atom stereocenters. The minimum absolute atomic E-state index is 0. The summed E-state index contributed by atoms with van der Waals surface area (Å²) in [6, 6.07) is 12.1. The van der Waals surface area contributed by atoms with Crippen LogP contribution in [0.25, 0.3) is 0 Å². The van der Waals surface area contributed by atoms with Crippen LogP contribution < -0.4 is 51.4 Å². The second-order valence-corrected chi connectivity index (χ2v) is 5.31. The Labute approximate surface area is 174 Å². The normalized spacial score (nSPS) is 10.9. The fourth-order valence-electron chi connectivity index (χ4n) is 1.73. The minimum atomic E-state index is -4.55.